The average molecular weight is 282 g/mol. The lowest BCUT2D eigenvalue weighted by Gasteiger charge is -2.30. The van der Waals surface area contributed by atoms with E-state index in [2.05, 4.69) is 46.5 Å². The molecule has 0 saturated carbocycles. The van der Waals surface area contributed by atoms with Gasteiger partial charge in [0.15, 0.2) is 0 Å². The summed E-state index contributed by atoms with van der Waals surface area (Å²) in [5, 5.41) is 3.46. The van der Waals surface area contributed by atoms with E-state index >= 15 is 0 Å². The zero-order valence-electron chi connectivity index (χ0n) is 12.7. The van der Waals surface area contributed by atoms with Gasteiger partial charge in [0.2, 0.25) is 0 Å². The SMILES string of the molecule is CCCc1nc(N)c(C)c(NCC2Cc3ccccc32)n1. The van der Waals surface area contributed by atoms with E-state index in [0.29, 0.717) is 11.7 Å². The number of aryl methyl sites for hydroxylation is 1. The molecule has 0 radical (unpaired) electrons. The Morgan fingerprint density at radius 1 is 1.29 bits per heavy atom. The van der Waals surface area contributed by atoms with Crippen molar-refractivity contribution in [3.63, 3.8) is 0 Å². The van der Waals surface area contributed by atoms with Crippen molar-refractivity contribution in [1.82, 2.24) is 9.97 Å². The molecule has 0 saturated heterocycles. The number of aromatic nitrogens is 2. The fraction of sp³-hybridized carbons (Fsp3) is 0.412. The maximum atomic E-state index is 5.99. The van der Waals surface area contributed by atoms with Crippen LogP contribution in [0.3, 0.4) is 0 Å². The van der Waals surface area contributed by atoms with Crippen molar-refractivity contribution >= 4 is 11.6 Å². The van der Waals surface area contributed by atoms with E-state index in [9.17, 15) is 0 Å². The third-order valence-corrected chi connectivity index (χ3v) is 4.18. The van der Waals surface area contributed by atoms with Gasteiger partial charge in [-0.05, 0) is 30.9 Å². The Morgan fingerprint density at radius 2 is 2.10 bits per heavy atom. The number of hydrogen-bond donors (Lipinski definition) is 2. The molecule has 4 heteroatoms. The van der Waals surface area contributed by atoms with E-state index in [1.54, 1.807) is 0 Å². The van der Waals surface area contributed by atoms with Crippen LogP contribution in [0.2, 0.25) is 0 Å². The molecule has 0 aliphatic heterocycles. The zero-order valence-corrected chi connectivity index (χ0v) is 12.7. The van der Waals surface area contributed by atoms with Crippen LogP contribution in [0.5, 0.6) is 0 Å². The number of fused-ring (bicyclic) bond motifs is 1. The second-order valence-electron chi connectivity index (χ2n) is 5.73. The van der Waals surface area contributed by atoms with Gasteiger partial charge >= 0.3 is 0 Å². The highest BCUT2D eigenvalue weighted by Gasteiger charge is 2.25. The number of nitrogen functional groups attached to an aromatic ring is 1. The van der Waals surface area contributed by atoms with E-state index in [-0.39, 0.29) is 0 Å². The van der Waals surface area contributed by atoms with Crippen LogP contribution in [0, 0.1) is 6.92 Å². The van der Waals surface area contributed by atoms with Gasteiger partial charge in [0.1, 0.15) is 17.5 Å². The Bertz CT molecular complexity index is 651. The van der Waals surface area contributed by atoms with Crippen LogP contribution in [0.25, 0.3) is 0 Å². The first-order valence-corrected chi connectivity index (χ1v) is 7.63. The van der Waals surface area contributed by atoms with Gasteiger partial charge in [-0.1, -0.05) is 31.2 Å². The van der Waals surface area contributed by atoms with Crippen molar-refractivity contribution in [3.05, 3.63) is 46.8 Å². The lowest BCUT2D eigenvalue weighted by atomic mass is 9.77. The molecule has 1 aliphatic carbocycles. The van der Waals surface area contributed by atoms with E-state index < -0.39 is 0 Å². The predicted molar refractivity (Wildman–Crippen MR) is 86.6 cm³/mol. The van der Waals surface area contributed by atoms with Crippen LogP contribution in [0.15, 0.2) is 24.3 Å². The van der Waals surface area contributed by atoms with Gasteiger partial charge in [-0.3, -0.25) is 0 Å². The summed E-state index contributed by atoms with van der Waals surface area (Å²) in [7, 11) is 0. The van der Waals surface area contributed by atoms with Crippen molar-refractivity contribution in [2.24, 2.45) is 0 Å². The number of nitrogens with zero attached hydrogens (tertiary/aromatic N) is 2. The molecule has 0 spiro atoms. The average Bonchev–Trinajstić information content (AvgIpc) is 2.45. The lowest BCUT2D eigenvalue weighted by molar-refractivity contribution is 0.634. The molecule has 3 N–H and O–H groups in total. The van der Waals surface area contributed by atoms with Crippen molar-refractivity contribution in [2.45, 2.75) is 39.0 Å². The van der Waals surface area contributed by atoms with Gasteiger partial charge in [0.05, 0.1) is 0 Å². The predicted octanol–water partition coefficient (Wildman–Crippen LogP) is 3.07. The molecule has 110 valence electrons. The minimum atomic E-state index is 0.575. The first-order valence-electron chi connectivity index (χ1n) is 7.63. The Hall–Kier alpha value is -2.10. The molecule has 3 rings (SSSR count). The number of nitrogens with one attached hydrogen (secondary N) is 1. The standard InChI is InChI=1S/C17H22N4/c1-3-6-15-20-16(18)11(2)17(21-15)19-10-13-9-12-7-4-5-8-14(12)13/h4-5,7-8,13H,3,6,9-10H2,1-2H3,(H3,18,19,20,21). The molecule has 0 fully saturated rings. The number of rotatable bonds is 5. The Morgan fingerprint density at radius 3 is 2.86 bits per heavy atom. The third kappa shape index (κ3) is 2.71. The highest BCUT2D eigenvalue weighted by atomic mass is 15.1. The van der Waals surface area contributed by atoms with Crippen molar-refractivity contribution in [3.8, 4) is 0 Å². The van der Waals surface area contributed by atoms with Crippen LogP contribution in [0.1, 0.15) is 41.8 Å². The molecule has 4 nitrogen and oxygen atoms in total. The molecule has 1 aromatic heterocycles. The Balaban J connectivity index is 1.71. The normalized spacial score (nSPS) is 16.2. The summed E-state index contributed by atoms with van der Waals surface area (Å²) in [6, 6.07) is 8.64. The first kappa shape index (κ1) is 13.9. The molecule has 1 heterocycles. The van der Waals surface area contributed by atoms with Gasteiger partial charge in [0, 0.05) is 24.4 Å². The summed E-state index contributed by atoms with van der Waals surface area (Å²) in [6.07, 6.45) is 3.04. The van der Waals surface area contributed by atoms with E-state index in [4.69, 9.17) is 5.73 Å². The maximum absolute atomic E-state index is 5.99. The van der Waals surface area contributed by atoms with Crippen LogP contribution < -0.4 is 11.1 Å². The van der Waals surface area contributed by atoms with Crippen molar-refractivity contribution < 1.29 is 0 Å². The smallest absolute Gasteiger partial charge is 0.134 e. The molecule has 2 aromatic rings. The third-order valence-electron chi connectivity index (χ3n) is 4.18. The fourth-order valence-corrected chi connectivity index (χ4v) is 2.85. The molecule has 21 heavy (non-hydrogen) atoms. The second kappa shape index (κ2) is 5.72. The Kier molecular flexibility index (Phi) is 3.78. The van der Waals surface area contributed by atoms with Crippen molar-refractivity contribution in [1.29, 1.82) is 0 Å². The molecular weight excluding hydrogens is 260 g/mol. The van der Waals surface area contributed by atoms with Gasteiger partial charge in [-0.25, -0.2) is 9.97 Å². The van der Waals surface area contributed by atoms with Crippen LogP contribution in [-0.2, 0) is 12.8 Å². The van der Waals surface area contributed by atoms with E-state index in [1.165, 1.54) is 11.1 Å². The molecule has 1 aliphatic rings. The van der Waals surface area contributed by atoms with Crippen LogP contribution >= 0.6 is 0 Å². The van der Waals surface area contributed by atoms with E-state index in [1.807, 2.05) is 6.92 Å². The van der Waals surface area contributed by atoms with Crippen LogP contribution in [0.4, 0.5) is 11.6 Å². The summed E-state index contributed by atoms with van der Waals surface area (Å²) in [4.78, 5) is 8.95. The fourth-order valence-electron chi connectivity index (χ4n) is 2.85. The van der Waals surface area contributed by atoms with Gasteiger partial charge in [-0.15, -0.1) is 0 Å². The molecule has 0 bridgehead atoms. The number of benzene rings is 1. The van der Waals surface area contributed by atoms with E-state index in [0.717, 1.165) is 43.0 Å². The summed E-state index contributed by atoms with van der Waals surface area (Å²) in [5.74, 6) is 2.88. The largest absolute Gasteiger partial charge is 0.383 e. The highest BCUT2D eigenvalue weighted by Crippen LogP contribution is 2.34. The summed E-state index contributed by atoms with van der Waals surface area (Å²) in [5.41, 5.74) is 9.86. The van der Waals surface area contributed by atoms with Gasteiger partial charge < -0.3 is 11.1 Å². The second-order valence-corrected chi connectivity index (χ2v) is 5.73. The summed E-state index contributed by atoms with van der Waals surface area (Å²) < 4.78 is 0. The molecule has 1 aromatic carbocycles. The minimum absolute atomic E-state index is 0.575. The van der Waals surface area contributed by atoms with Gasteiger partial charge in [-0.2, -0.15) is 0 Å². The molecule has 1 unspecified atom stereocenters. The minimum Gasteiger partial charge on any atom is -0.383 e. The lowest BCUT2D eigenvalue weighted by Crippen LogP contribution is -2.25. The van der Waals surface area contributed by atoms with Crippen molar-refractivity contribution in [2.75, 3.05) is 17.6 Å². The Labute approximate surface area is 125 Å². The molecule has 0 amide bonds. The maximum Gasteiger partial charge on any atom is 0.134 e. The summed E-state index contributed by atoms with van der Waals surface area (Å²) >= 11 is 0. The zero-order chi connectivity index (χ0) is 14.8. The number of nitrogens with two attached hydrogens (primary N) is 1. The quantitative estimate of drug-likeness (QED) is 0.884. The molecule has 1 atom stereocenters. The van der Waals surface area contributed by atoms with Gasteiger partial charge in [0.25, 0.3) is 0 Å². The topological polar surface area (TPSA) is 63.8 Å². The summed E-state index contributed by atoms with van der Waals surface area (Å²) in [6.45, 7) is 5.00. The highest BCUT2D eigenvalue weighted by molar-refractivity contribution is 5.55. The first-order chi connectivity index (χ1) is 10.2. The number of hydrogen-bond acceptors (Lipinski definition) is 4. The molecular formula is C17H22N4. The number of anilines is 2. The monoisotopic (exact) mass is 282 g/mol. The van der Waals surface area contributed by atoms with Crippen LogP contribution in [-0.4, -0.2) is 16.5 Å².